The van der Waals surface area contributed by atoms with Crippen LogP contribution < -0.4 is 10.5 Å². The van der Waals surface area contributed by atoms with Crippen molar-refractivity contribution in [2.75, 3.05) is 20.2 Å². The number of carbonyl (C=O) groups is 1. The van der Waals surface area contributed by atoms with Gasteiger partial charge in [0.05, 0.1) is 19.3 Å². The van der Waals surface area contributed by atoms with E-state index in [1.54, 1.807) is 7.11 Å². The van der Waals surface area contributed by atoms with Crippen molar-refractivity contribution in [2.45, 2.75) is 56.8 Å². The quantitative estimate of drug-likeness (QED) is 0.920. The third-order valence-corrected chi connectivity index (χ3v) is 5.18. The van der Waals surface area contributed by atoms with Gasteiger partial charge in [0.2, 0.25) is 0 Å². The number of likely N-dealkylation sites (tertiary alicyclic amines) is 1. The maximum Gasteiger partial charge on any atom is 0.252 e. The van der Waals surface area contributed by atoms with E-state index in [0.717, 1.165) is 44.4 Å². The summed E-state index contributed by atoms with van der Waals surface area (Å²) in [6.45, 7) is 1.30. The second-order valence-corrected chi connectivity index (χ2v) is 6.73. The number of nitrogens with two attached hydrogens (primary N) is 1. The van der Waals surface area contributed by atoms with Crippen molar-refractivity contribution in [3.63, 3.8) is 0 Å². The van der Waals surface area contributed by atoms with Gasteiger partial charge in [-0.05, 0) is 43.4 Å². The Balaban J connectivity index is 1.78. The topological polar surface area (TPSA) is 64.8 Å². The van der Waals surface area contributed by atoms with Gasteiger partial charge >= 0.3 is 0 Å². The first-order chi connectivity index (χ1) is 11.7. The van der Waals surface area contributed by atoms with Crippen LogP contribution in [0, 0.1) is 0 Å². The molecule has 1 aromatic rings. The van der Waals surface area contributed by atoms with Gasteiger partial charge in [0, 0.05) is 13.1 Å². The van der Waals surface area contributed by atoms with Crippen LogP contribution in [-0.4, -0.2) is 43.2 Å². The molecule has 3 rings (SSSR count). The molecule has 1 amide bonds. The Hall–Kier alpha value is -1.59. The summed E-state index contributed by atoms with van der Waals surface area (Å²) in [6.07, 6.45) is 5.77. The first-order valence-corrected chi connectivity index (χ1v) is 9.03. The van der Waals surface area contributed by atoms with Crippen LogP contribution in [0.3, 0.4) is 0 Å². The standard InChI is InChI=1S/C19H28N2O3/c1-23-15-8-6-14(7-9-15)17-5-3-2-4-12-21(17)19(22)18-11-10-16(13-20)24-18/h6-9,16-18H,2-5,10-13,20H2,1H3/t16-,17?,18+/m1/s1. The highest BCUT2D eigenvalue weighted by Gasteiger charge is 2.36. The van der Waals surface area contributed by atoms with E-state index in [1.165, 1.54) is 12.0 Å². The van der Waals surface area contributed by atoms with E-state index in [-0.39, 0.29) is 24.2 Å². The van der Waals surface area contributed by atoms with Crippen LogP contribution >= 0.6 is 0 Å². The average molecular weight is 332 g/mol. The molecule has 24 heavy (non-hydrogen) atoms. The summed E-state index contributed by atoms with van der Waals surface area (Å²) in [6, 6.07) is 8.23. The summed E-state index contributed by atoms with van der Waals surface area (Å²) in [7, 11) is 1.67. The molecule has 0 saturated carbocycles. The van der Waals surface area contributed by atoms with Crippen molar-refractivity contribution < 1.29 is 14.3 Å². The molecule has 0 spiro atoms. The summed E-state index contributed by atoms with van der Waals surface area (Å²) in [4.78, 5) is 15.1. The minimum absolute atomic E-state index is 0.0327. The lowest BCUT2D eigenvalue weighted by Crippen LogP contribution is -2.42. The first-order valence-electron chi connectivity index (χ1n) is 9.03. The minimum Gasteiger partial charge on any atom is -0.497 e. The van der Waals surface area contributed by atoms with Crippen LogP contribution in [0.1, 0.15) is 50.1 Å². The van der Waals surface area contributed by atoms with Crippen molar-refractivity contribution in [1.82, 2.24) is 4.90 Å². The summed E-state index contributed by atoms with van der Waals surface area (Å²) >= 11 is 0. The van der Waals surface area contributed by atoms with Gasteiger partial charge in [0.1, 0.15) is 11.9 Å². The van der Waals surface area contributed by atoms with Crippen LogP contribution in [-0.2, 0) is 9.53 Å². The van der Waals surface area contributed by atoms with Gasteiger partial charge in [-0.1, -0.05) is 25.0 Å². The van der Waals surface area contributed by atoms with Gasteiger partial charge in [-0.3, -0.25) is 4.79 Å². The van der Waals surface area contributed by atoms with Crippen LogP contribution in [0.5, 0.6) is 5.75 Å². The molecule has 2 N–H and O–H groups in total. The highest BCUT2D eigenvalue weighted by atomic mass is 16.5. The summed E-state index contributed by atoms with van der Waals surface area (Å²) in [5, 5.41) is 0. The second-order valence-electron chi connectivity index (χ2n) is 6.73. The van der Waals surface area contributed by atoms with Crippen LogP contribution in [0.25, 0.3) is 0 Å². The molecule has 1 unspecified atom stereocenters. The third-order valence-electron chi connectivity index (χ3n) is 5.18. The fraction of sp³-hybridized carbons (Fsp3) is 0.632. The Labute approximate surface area is 144 Å². The number of methoxy groups -OCH3 is 1. The number of ether oxygens (including phenoxy) is 2. The molecule has 1 aromatic carbocycles. The Morgan fingerprint density at radius 3 is 2.67 bits per heavy atom. The first kappa shape index (κ1) is 17.2. The Morgan fingerprint density at radius 2 is 2.00 bits per heavy atom. The lowest BCUT2D eigenvalue weighted by molar-refractivity contribution is -0.145. The molecule has 2 saturated heterocycles. The monoisotopic (exact) mass is 332 g/mol. The minimum atomic E-state index is -0.322. The van der Waals surface area contributed by atoms with E-state index in [1.807, 2.05) is 17.0 Å². The number of amides is 1. The predicted molar refractivity (Wildman–Crippen MR) is 92.9 cm³/mol. The fourth-order valence-electron chi connectivity index (χ4n) is 3.79. The van der Waals surface area contributed by atoms with Gasteiger partial charge < -0.3 is 20.1 Å². The molecular weight excluding hydrogens is 304 g/mol. The van der Waals surface area contributed by atoms with Crippen LogP contribution in [0.2, 0.25) is 0 Å². The van der Waals surface area contributed by atoms with Gasteiger partial charge in [-0.15, -0.1) is 0 Å². The molecule has 0 aromatic heterocycles. The van der Waals surface area contributed by atoms with Crippen molar-refractivity contribution in [1.29, 1.82) is 0 Å². The maximum atomic E-state index is 13.1. The largest absolute Gasteiger partial charge is 0.497 e. The lowest BCUT2D eigenvalue weighted by atomic mass is 10.00. The highest BCUT2D eigenvalue weighted by molar-refractivity contribution is 5.81. The molecule has 0 aliphatic carbocycles. The lowest BCUT2D eigenvalue weighted by Gasteiger charge is -2.32. The molecule has 0 bridgehead atoms. The average Bonchev–Trinajstić information content (AvgIpc) is 2.98. The maximum absolute atomic E-state index is 13.1. The smallest absolute Gasteiger partial charge is 0.252 e. The van der Waals surface area contributed by atoms with Crippen LogP contribution in [0.4, 0.5) is 0 Å². The summed E-state index contributed by atoms with van der Waals surface area (Å²) < 4.78 is 11.1. The van der Waals surface area contributed by atoms with Gasteiger partial charge in [0.25, 0.3) is 5.91 Å². The zero-order chi connectivity index (χ0) is 16.9. The van der Waals surface area contributed by atoms with Crippen LogP contribution in [0.15, 0.2) is 24.3 Å². The number of hydrogen-bond donors (Lipinski definition) is 1. The summed E-state index contributed by atoms with van der Waals surface area (Å²) in [5.74, 6) is 0.976. The van der Waals surface area contributed by atoms with Gasteiger partial charge in [-0.2, -0.15) is 0 Å². The molecule has 5 heteroatoms. The van der Waals surface area contributed by atoms with Gasteiger partial charge in [0.15, 0.2) is 0 Å². The van der Waals surface area contributed by atoms with E-state index >= 15 is 0 Å². The number of nitrogens with zero attached hydrogens (tertiary/aromatic N) is 1. The van der Waals surface area contributed by atoms with E-state index in [9.17, 15) is 4.79 Å². The van der Waals surface area contributed by atoms with Crippen molar-refractivity contribution >= 4 is 5.91 Å². The Morgan fingerprint density at radius 1 is 1.21 bits per heavy atom. The molecule has 2 fully saturated rings. The zero-order valence-electron chi connectivity index (χ0n) is 14.4. The van der Waals surface area contributed by atoms with Crippen molar-refractivity contribution in [3.05, 3.63) is 29.8 Å². The molecule has 2 heterocycles. The normalized spacial score (nSPS) is 27.8. The number of hydrogen-bond acceptors (Lipinski definition) is 4. The number of benzene rings is 1. The molecule has 3 atom stereocenters. The van der Waals surface area contributed by atoms with E-state index in [2.05, 4.69) is 12.1 Å². The molecule has 132 valence electrons. The number of rotatable bonds is 4. The molecule has 5 nitrogen and oxygen atoms in total. The molecule has 2 aliphatic heterocycles. The van der Waals surface area contributed by atoms with E-state index in [0.29, 0.717) is 6.54 Å². The third kappa shape index (κ3) is 3.73. The molecule has 2 aliphatic rings. The molecule has 0 radical (unpaired) electrons. The van der Waals surface area contributed by atoms with E-state index in [4.69, 9.17) is 15.2 Å². The fourth-order valence-corrected chi connectivity index (χ4v) is 3.79. The van der Waals surface area contributed by atoms with Gasteiger partial charge in [-0.25, -0.2) is 0 Å². The SMILES string of the molecule is COc1ccc(C2CCCCCN2C(=O)[C@@H]2CC[C@H](CN)O2)cc1. The highest BCUT2D eigenvalue weighted by Crippen LogP contribution is 2.33. The van der Waals surface area contributed by atoms with E-state index < -0.39 is 0 Å². The zero-order valence-corrected chi connectivity index (χ0v) is 14.4. The Bertz CT molecular complexity index is 546. The summed E-state index contributed by atoms with van der Waals surface area (Å²) in [5.41, 5.74) is 6.86. The van der Waals surface area contributed by atoms with Crippen molar-refractivity contribution in [2.24, 2.45) is 5.73 Å². The Kier molecular flexibility index (Phi) is 5.74. The molecular formula is C19H28N2O3. The second kappa shape index (κ2) is 7.99. The number of carbonyl (C=O) groups excluding carboxylic acids is 1. The predicted octanol–water partition coefficient (Wildman–Crippen LogP) is 2.65. The van der Waals surface area contributed by atoms with Crippen molar-refractivity contribution in [3.8, 4) is 5.75 Å².